The van der Waals surface area contributed by atoms with Crippen LogP contribution in [0.15, 0.2) is 18.2 Å². The van der Waals surface area contributed by atoms with Gasteiger partial charge in [-0.15, -0.1) is 0 Å². The third-order valence-corrected chi connectivity index (χ3v) is 3.15. The van der Waals surface area contributed by atoms with Crippen molar-refractivity contribution in [3.8, 4) is 0 Å². The second kappa shape index (κ2) is 8.05. The predicted molar refractivity (Wildman–Crippen MR) is 86.5 cm³/mol. The van der Waals surface area contributed by atoms with Gasteiger partial charge in [-0.05, 0) is 44.2 Å². The highest BCUT2D eigenvalue weighted by Gasteiger charge is 2.12. The van der Waals surface area contributed by atoms with E-state index in [-0.39, 0.29) is 29.3 Å². The molecular weight excluding hydrogens is 289 g/mol. The van der Waals surface area contributed by atoms with Crippen molar-refractivity contribution >= 4 is 23.1 Å². The Hall–Kier alpha value is -1.53. The summed E-state index contributed by atoms with van der Waals surface area (Å²) >= 11 is 4.87. The summed E-state index contributed by atoms with van der Waals surface area (Å²) in [6.07, 6.45) is 0. The molecule has 0 spiro atoms. The Morgan fingerprint density at radius 2 is 2.10 bits per heavy atom. The third kappa shape index (κ3) is 6.18. The molecule has 3 N–H and O–H groups in total. The van der Waals surface area contributed by atoms with E-state index in [0.717, 1.165) is 5.56 Å². The smallest absolute Gasteiger partial charge is 0.234 e. The molecule has 0 fully saturated rings. The normalized spacial score (nSPS) is 11.0. The van der Waals surface area contributed by atoms with Crippen molar-refractivity contribution in [1.29, 1.82) is 0 Å². The van der Waals surface area contributed by atoms with Crippen molar-refractivity contribution in [2.75, 3.05) is 13.1 Å². The average Bonchev–Trinajstić information content (AvgIpc) is 2.36. The van der Waals surface area contributed by atoms with Gasteiger partial charge in [-0.2, -0.15) is 0 Å². The maximum atomic E-state index is 13.6. The van der Waals surface area contributed by atoms with Crippen LogP contribution in [0, 0.1) is 5.82 Å². The largest absolute Gasteiger partial charge is 0.389 e. The summed E-state index contributed by atoms with van der Waals surface area (Å²) in [6.45, 7) is 7.20. The molecule has 4 nitrogen and oxygen atoms in total. The van der Waals surface area contributed by atoms with Crippen LogP contribution in [0.4, 0.5) is 4.39 Å². The topological polar surface area (TPSA) is 58.4 Å². The van der Waals surface area contributed by atoms with Gasteiger partial charge in [0, 0.05) is 18.2 Å². The highest BCUT2D eigenvalue weighted by molar-refractivity contribution is 7.80. The van der Waals surface area contributed by atoms with Gasteiger partial charge in [-0.1, -0.05) is 19.1 Å². The fourth-order valence-corrected chi connectivity index (χ4v) is 2.11. The van der Waals surface area contributed by atoms with Crippen LogP contribution in [0.5, 0.6) is 0 Å². The molecule has 6 heteroatoms. The number of nitrogens with zero attached hydrogens (tertiary/aromatic N) is 1. The van der Waals surface area contributed by atoms with Crippen molar-refractivity contribution in [3.63, 3.8) is 0 Å². The summed E-state index contributed by atoms with van der Waals surface area (Å²) in [5.41, 5.74) is 6.79. The van der Waals surface area contributed by atoms with Gasteiger partial charge in [0.1, 0.15) is 10.8 Å². The van der Waals surface area contributed by atoms with Crippen molar-refractivity contribution in [2.24, 2.45) is 5.73 Å². The first-order chi connectivity index (χ1) is 9.81. The van der Waals surface area contributed by atoms with E-state index in [0.29, 0.717) is 18.7 Å². The molecule has 1 aromatic carbocycles. The van der Waals surface area contributed by atoms with Crippen molar-refractivity contribution in [2.45, 2.75) is 33.4 Å². The Balaban J connectivity index is 2.77. The standard InChI is InChI=1S/C15H22FN3OS/c1-4-19(9-14(20)18-10(2)3)8-11-5-12(15(17)21)7-13(16)6-11/h5-7,10H,4,8-9H2,1-3H3,(H2,17,21)(H,18,20). The maximum Gasteiger partial charge on any atom is 0.234 e. The SMILES string of the molecule is CCN(CC(=O)NC(C)C)Cc1cc(F)cc(C(N)=S)c1. The van der Waals surface area contributed by atoms with Crippen LogP contribution in [0.2, 0.25) is 0 Å². The molecule has 0 aliphatic heterocycles. The molecule has 0 aliphatic carbocycles. The molecule has 1 aromatic rings. The number of likely N-dealkylation sites (N-methyl/N-ethyl adjacent to an activating group) is 1. The molecule has 0 aromatic heterocycles. The van der Waals surface area contributed by atoms with Gasteiger partial charge in [0.15, 0.2) is 0 Å². The molecular formula is C15H22FN3OS. The molecule has 21 heavy (non-hydrogen) atoms. The third-order valence-electron chi connectivity index (χ3n) is 2.91. The zero-order valence-corrected chi connectivity index (χ0v) is 13.5. The number of thiocarbonyl (C=S) groups is 1. The van der Waals surface area contributed by atoms with E-state index in [2.05, 4.69) is 5.32 Å². The number of nitrogens with one attached hydrogen (secondary N) is 1. The van der Waals surface area contributed by atoms with Gasteiger partial charge in [-0.3, -0.25) is 9.69 Å². The van der Waals surface area contributed by atoms with Crippen LogP contribution in [0.25, 0.3) is 0 Å². The number of amides is 1. The second-order valence-corrected chi connectivity index (χ2v) is 5.68. The van der Waals surface area contributed by atoms with E-state index in [1.165, 1.54) is 12.1 Å². The Bertz CT molecular complexity index is 520. The first-order valence-electron chi connectivity index (χ1n) is 6.92. The van der Waals surface area contributed by atoms with Crippen LogP contribution in [-0.4, -0.2) is 34.9 Å². The molecule has 0 atom stereocenters. The van der Waals surface area contributed by atoms with E-state index in [1.54, 1.807) is 6.07 Å². The van der Waals surface area contributed by atoms with Crippen LogP contribution in [-0.2, 0) is 11.3 Å². The zero-order valence-electron chi connectivity index (χ0n) is 12.6. The second-order valence-electron chi connectivity index (χ2n) is 5.24. The van der Waals surface area contributed by atoms with Crippen LogP contribution >= 0.6 is 12.2 Å². The minimum absolute atomic E-state index is 0.0437. The van der Waals surface area contributed by atoms with Gasteiger partial charge in [0.05, 0.1) is 6.54 Å². The minimum atomic E-state index is -0.377. The number of carbonyl (C=O) groups is 1. The Labute approximate surface area is 130 Å². The summed E-state index contributed by atoms with van der Waals surface area (Å²) in [7, 11) is 0. The van der Waals surface area contributed by atoms with Gasteiger partial charge >= 0.3 is 0 Å². The van der Waals surface area contributed by atoms with Crippen LogP contribution in [0.3, 0.4) is 0 Å². The fraction of sp³-hybridized carbons (Fsp3) is 0.467. The Morgan fingerprint density at radius 3 is 2.62 bits per heavy atom. The van der Waals surface area contributed by atoms with E-state index >= 15 is 0 Å². The van der Waals surface area contributed by atoms with Gasteiger partial charge in [-0.25, -0.2) is 4.39 Å². The Morgan fingerprint density at radius 1 is 1.43 bits per heavy atom. The average molecular weight is 311 g/mol. The summed E-state index contributed by atoms with van der Waals surface area (Å²) in [6, 6.07) is 4.61. The number of halogens is 1. The number of carbonyl (C=O) groups excluding carboxylic acids is 1. The highest BCUT2D eigenvalue weighted by Crippen LogP contribution is 2.12. The number of rotatable bonds is 7. The van der Waals surface area contributed by atoms with Gasteiger partial charge in [0.25, 0.3) is 0 Å². The van der Waals surface area contributed by atoms with E-state index in [4.69, 9.17) is 18.0 Å². The lowest BCUT2D eigenvalue weighted by Gasteiger charge is -2.21. The lowest BCUT2D eigenvalue weighted by molar-refractivity contribution is -0.122. The van der Waals surface area contributed by atoms with Crippen molar-refractivity contribution in [1.82, 2.24) is 10.2 Å². The molecule has 116 valence electrons. The molecule has 0 saturated heterocycles. The quantitative estimate of drug-likeness (QED) is 0.754. The molecule has 0 heterocycles. The van der Waals surface area contributed by atoms with E-state index in [9.17, 15) is 9.18 Å². The number of hydrogen-bond acceptors (Lipinski definition) is 3. The molecule has 0 saturated carbocycles. The van der Waals surface area contributed by atoms with Crippen LogP contribution in [0.1, 0.15) is 31.9 Å². The molecule has 0 unspecified atom stereocenters. The molecule has 1 amide bonds. The monoisotopic (exact) mass is 311 g/mol. The summed E-state index contributed by atoms with van der Waals surface area (Å²) in [5.74, 6) is -0.421. The first-order valence-corrected chi connectivity index (χ1v) is 7.33. The molecule has 0 aliphatic rings. The summed E-state index contributed by atoms with van der Waals surface area (Å²) in [4.78, 5) is 13.9. The number of benzene rings is 1. The van der Waals surface area contributed by atoms with Gasteiger partial charge < -0.3 is 11.1 Å². The fourth-order valence-electron chi connectivity index (χ4n) is 1.99. The number of hydrogen-bond donors (Lipinski definition) is 2. The van der Waals surface area contributed by atoms with Gasteiger partial charge in [0.2, 0.25) is 5.91 Å². The highest BCUT2D eigenvalue weighted by atomic mass is 32.1. The predicted octanol–water partition coefficient (Wildman–Crippen LogP) is 1.81. The summed E-state index contributed by atoms with van der Waals surface area (Å²) in [5, 5.41) is 2.84. The summed E-state index contributed by atoms with van der Waals surface area (Å²) < 4.78 is 13.6. The van der Waals surface area contributed by atoms with Crippen molar-refractivity contribution < 1.29 is 9.18 Å². The lowest BCUT2D eigenvalue weighted by atomic mass is 10.1. The van der Waals surface area contributed by atoms with Crippen LogP contribution < -0.4 is 11.1 Å². The Kier molecular flexibility index (Phi) is 6.71. The minimum Gasteiger partial charge on any atom is -0.389 e. The molecule has 0 bridgehead atoms. The zero-order chi connectivity index (χ0) is 16.0. The van der Waals surface area contributed by atoms with E-state index in [1.807, 2.05) is 25.7 Å². The van der Waals surface area contributed by atoms with Crippen molar-refractivity contribution in [3.05, 3.63) is 35.1 Å². The lowest BCUT2D eigenvalue weighted by Crippen LogP contribution is -2.39. The molecule has 0 radical (unpaired) electrons. The molecule has 1 rings (SSSR count). The maximum absolute atomic E-state index is 13.6. The van der Waals surface area contributed by atoms with E-state index < -0.39 is 0 Å². The number of nitrogens with two attached hydrogens (primary N) is 1. The first kappa shape index (κ1) is 17.5.